The van der Waals surface area contributed by atoms with Gasteiger partial charge in [0.1, 0.15) is 0 Å². The van der Waals surface area contributed by atoms with Gasteiger partial charge in [-0.25, -0.2) is 0 Å². The van der Waals surface area contributed by atoms with Crippen molar-refractivity contribution >= 4 is 46.4 Å². The van der Waals surface area contributed by atoms with Crippen LogP contribution < -0.4 is 15.5 Å². The summed E-state index contributed by atoms with van der Waals surface area (Å²) in [6, 6.07) is 19.5. The first kappa shape index (κ1) is 22.3. The lowest BCUT2D eigenvalue weighted by Gasteiger charge is -2.24. The van der Waals surface area contributed by atoms with Crippen LogP contribution in [0.25, 0.3) is 0 Å². The summed E-state index contributed by atoms with van der Waals surface area (Å²) in [6.07, 6.45) is 1.79. The predicted octanol–water partition coefficient (Wildman–Crippen LogP) is 5.95. The highest BCUT2D eigenvalue weighted by Crippen LogP contribution is 2.35. The van der Waals surface area contributed by atoms with Crippen molar-refractivity contribution < 1.29 is 9.59 Å². The van der Waals surface area contributed by atoms with Crippen LogP contribution in [0.2, 0.25) is 10.0 Å². The molecule has 0 fully saturated rings. The standard InChI is InChI=1S/C25H23Cl2N3O2/c1-28-22-7-4-14-30(23-13-10-17(26)15-20(22)23)25(32)16-8-11-18(12-9-16)29-24(31)19-5-2-3-6-21(19)27/h2-3,5-6,8-13,15,22,28H,4,7,14H2,1H3,(H,29,31). The molecule has 1 aliphatic heterocycles. The topological polar surface area (TPSA) is 61.4 Å². The van der Waals surface area contributed by atoms with Gasteiger partial charge in [0.2, 0.25) is 0 Å². The first-order valence-electron chi connectivity index (χ1n) is 10.4. The highest BCUT2D eigenvalue weighted by atomic mass is 35.5. The molecule has 4 rings (SSSR count). The molecule has 0 radical (unpaired) electrons. The Kier molecular flexibility index (Phi) is 6.80. The van der Waals surface area contributed by atoms with Crippen LogP contribution >= 0.6 is 23.2 Å². The Balaban J connectivity index is 1.55. The lowest BCUT2D eigenvalue weighted by Crippen LogP contribution is -2.31. The van der Waals surface area contributed by atoms with E-state index in [1.54, 1.807) is 53.4 Å². The van der Waals surface area contributed by atoms with E-state index in [2.05, 4.69) is 10.6 Å². The highest BCUT2D eigenvalue weighted by Gasteiger charge is 2.26. The second kappa shape index (κ2) is 9.74. The third-order valence-corrected chi connectivity index (χ3v) is 6.20. The number of halogens is 2. The molecule has 164 valence electrons. The maximum absolute atomic E-state index is 13.4. The molecule has 7 heteroatoms. The van der Waals surface area contributed by atoms with Gasteiger partial charge in [0.25, 0.3) is 11.8 Å². The Morgan fingerprint density at radius 2 is 1.75 bits per heavy atom. The fourth-order valence-electron chi connectivity index (χ4n) is 3.99. The van der Waals surface area contributed by atoms with Gasteiger partial charge >= 0.3 is 0 Å². The van der Waals surface area contributed by atoms with E-state index in [0.29, 0.717) is 33.4 Å². The van der Waals surface area contributed by atoms with Gasteiger partial charge in [0, 0.05) is 34.5 Å². The van der Waals surface area contributed by atoms with Gasteiger partial charge in [-0.1, -0.05) is 35.3 Å². The zero-order valence-electron chi connectivity index (χ0n) is 17.6. The molecule has 2 N–H and O–H groups in total. The molecule has 0 saturated heterocycles. The number of amides is 2. The van der Waals surface area contributed by atoms with Gasteiger partial charge in [-0.15, -0.1) is 0 Å². The van der Waals surface area contributed by atoms with E-state index in [-0.39, 0.29) is 17.9 Å². The first-order chi connectivity index (χ1) is 15.5. The lowest BCUT2D eigenvalue weighted by atomic mass is 10.0. The van der Waals surface area contributed by atoms with Crippen molar-refractivity contribution in [1.29, 1.82) is 0 Å². The Hall–Kier alpha value is -2.86. The van der Waals surface area contributed by atoms with Crippen LogP contribution in [0.5, 0.6) is 0 Å². The number of benzene rings is 3. The third-order valence-electron chi connectivity index (χ3n) is 5.63. The molecule has 32 heavy (non-hydrogen) atoms. The van der Waals surface area contributed by atoms with Crippen molar-refractivity contribution in [1.82, 2.24) is 5.32 Å². The molecule has 0 spiro atoms. The zero-order valence-corrected chi connectivity index (χ0v) is 19.1. The molecule has 1 unspecified atom stereocenters. The Bertz CT molecular complexity index is 1150. The summed E-state index contributed by atoms with van der Waals surface area (Å²) >= 11 is 12.3. The summed E-state index contributed by atoms with van der Waals surface area (Å²) < 4.78 is 0. The van der Waals surface area contributed by atoms with Crippen molar-refractivity contribution in [3.63, 3.8) is 0 Å². The number of carbonyl (C=O) groups excluding carboxylic acids is 2. The minimum atomic E-state index is -0.300. The molecular weight excluding hydrogens is 445 g/mol. The summed E-state index contributed by atoms with van der Waals surface area (Å²) in [5.74, 6) is -0.389. The van der Waals surface area contributed by atoms with E-state index in [1.807, 2.05) is 25.2 Å². The van der Waals surface area contributed by atoms with E-state index >= 15 is 0 Å². The Morgan fingerprint density at radius 1 is 1.00 bits per heavy atom. The van der Waals surface area contributed by atoms with Gasteiger partial charge < -0.3 is 15.5 Å². The van der Waals surface area contributed by atoms with Gasteiger partial charge in [-0.3, -0.25) is 9.59 Å². The fourth-order valence-corrected chi connectivity index (χ4v) is 4.39. The third kappa shape index (κ3) is 4.65. The average molecular weight is 468 g/mol. The summed E-state index contributed by atoms with van der Waals surface area (Å²) in [5.41, 5.74) is 3.42. The molecule has 0 aromatic heterocycles. The molecule has 1 heterocycles. The first-order valence-corrected chi connectivity index (χ1v) is 11.2. The van der Waals surface area contributed by atoms with Crippen LogP contribution in [-0.2, 0) is 0 Å². The van der Waals surface area contributed by atoms with Crippen molar-refractivity contribution in [3.8, 4) is 0 Å². The maximum atomic E-state index is 13.4. The number of anilines is 2. The van der Waals surface area contributed by atoms with E-state index in [9.17, 15) is 9.59 Å². The van der Waals surface area contributed by atoms with E-state index < -0.39 is 0 Å². The number of fused-ring (bicyclic) bond motifs is 1. The monoisotopic (exact) mass is 467 g/mol. The van der Waals surface area contributed by atoms with Crippen molar-refractivity contribution in [3.05, 3.63) is 93.5 Å². The SMILES string of the molecule is CNC1CCCN(C(=O)c2ccc(NC(=O)c3ccccc3Cl)cc2)c2ccc(Cl)cc21. The van der Waals surface area contributed by atoms with Crippen LogP contribution in [0.15, 0.2) is 66.7 Å². The van der Waals surface area contributed by atoms with Crippen molar-refractivity contribution in [2.75, 3.05) is 23.8 Å². The Morgan fingerprint density at radius 3 is 2.47 bits per heavy atom. The van der Waals surface area contributed by atoms with Crippen LogP contribution in [0.3, 0.4) is 0 Å². The van der Waals surface area contributed by atoms with Gasteiger partial charge in [-0.05, 0) is 80.1 Å². The highest BCUT2D eigenvalue weighted by molar-refractivity contribution is 6.34. The van der Waals surface area contributed by atoms with Crippen LogP contribution in [0.1, 0.15) is 45.2 Å². The molecule has 0 bridgehead atoms. The molecule has 0 saturated carbocycles. The Labute approximate surface area is 197 Å². The van der Waals surface area contributed by atoms with Gasteiger partial charge in [0.15, 0.2) is 0 Å². The summed E-state index contributed by atoms with van der Waals surface area (Å²) in [7, 11) is 1.92. The summed E-state index contributed by atoms with van der Waals surface area (Å²) in [5, 5.41) is 7.18. The number of hydrogen-bond donors (Lipinski definition) is 2. The molecule has 3 aromatic rings. The number of nitrogens with zero attached hydrogens (tertiary/aromatic N) is 1. The van der Waals surface area contributed by atoms with Gasteiger partial charge in [-0.2, -0.15) is 0 Å². The normalized spacial score (nSPS) is 15.6. The smallest absolute Gasteiger partial charge is 0.258 e. The quantitative estimate of drug-likeness (QED) is 0.498. The minimum Gasteiger partial charge on any atom is -0.322 e. The fraction of sp³-hybridized carbons (Fsp3) is 0.200. The van der Waals surface area contributed by atoms with Crippen LogP contribution in [0.4, 0.5) is 11.4 Å². The van der Waals surface area contributed by atoms with Gasteiger partial charge in [0.05, 0.1) is 10.6 Å². The lowest BCUT2D eigenvalue weighted by molar-refractivity contribution is 0.0985. The second-order valence-corrected chi connectivity index (χ2v) is 8.50. The van der Waals surface area contributed by atoms with Crippen LogP contribution in [-0.4, -0.2) is 25.4 Å². The molecule has 1 aliphatic rings. The van der Waals surface area contributed by atoms with Crippen molar-refractivity contribution in [2.24, 2.45) is 0 Å². The largest absolute Gasteiger partial charge is 0.322 e. The minimum absolute atomic E-state index is 0.0886. The molecule has 1 atom stereocenters. The summed E-state index contributed by atoms with van der Waals surface area (Å²) in [4.78, 5) is 27.6. The number of nitrogens with one attached hydrogen (secondary N) is 2. The van der Waals surface area contributed by atoms with E-state index in [0.717, 1.165) is 24.1 Å². The molecule has 2 amide bonds. The van der Waals surface area contributed by atoms with Crippen molar-refractivity contribution in [2.45, 2.75) is 18.9 Å². The average Bonchev–Trinajstić information content (AvgIpc) is 2.98. The molecule has 0 aliphatic carbocycles. The number of rotatable bonds is 4. The number of carbonyl (C=O) groups is 2. The molecular formula is C25H23Cl2N3O2. The van der Waals surface area contributed by atoms with Crippen LogP contribution in [0, 0.1) is 0 Å². The summed E-state index contributed by atoms with van der Waals surface area (Å²) in [6.45, 7) is 0.622. The molecule has 3 aromatic carbocycles. The molecule has 5 nitrogen and oxygen atoms in total. The predicted molar refractivity (Wildman–Crippen MR) is 130 cm³/mol. The van der Waals surface area contributed by atoms with E-state index in [4.69, 9.17) is 23.2 Å². The second-order valence-electron chi connectivity index (χ2n) is 7.65. The van der Waals surface area contributed by atoms with E-state index in [1.165, 1.54) is 0 Å². The zero-order chi connectivity index (χ0) is 22.7. The number of hydrogen-bond acceptors (Lipinski definition) is 3. The maximum Gasteiger partial charge on any atom is 0.258 e.